The maximum Gasteiger partial charge on any atom is 0.203 e. The van der Waals surface area contributed by atoms with Gasteiger partial charge in [0, 0.05) is 39.3 Å². The van der Waals surface area contributed by atoms with Crippen molar-refractivity contribution in [3.8, 4) is 17.2 Å². The van der Waals surface area contributed by atoms with Gasteiger partial charge in [0.25, 0.3) is 0 Å². The molecule has 1 heterocycles. The second kappa shape index (κ2) is 15.2. The third kappa shape index (κ3) is 8.85. The quantitative estimate of drug-likeness (QED) is 0.342. The number of hydrogen-bond acceptors (Lipinski definition) is 7. The van der Waals surface area contributed by atoms with Gasteiger partial charge in [0.1, 0.15) is 0 Å². The monoisotopic (exact) mass is 500 g/mol. The first kappa shape index (κ1) is 29.3. The number of β-amino-alcohol motifs (C(OH)–C–C–N with tert-alkyl or cyclic N) is 1. The Morgan fingerprint density at radius 1 is 0.818 bits per heavy atom. The van der Waals surface area contributed by atoms with Gasteiger partial charge in [0.15, 0.2) is 11.5 Å². The van der Waals surface area contributed by atoms with E-state index in [1.165, 1.54) is 5.56 Å². The molecule has 1 aliphatic rings. The van der Waals surface area contributed by atoms with E-state index in [0.717, 1.165) is 38.3 Å². The van der Waals surface area contributed by atoms with Crippen molar-refractivity contribution in [2.24, 2.45) is 0 Å². The SMILES string of the molecule is COc1cc(COCC(O)CN2CCN(Cc3ccccc3)CC2)cc(OC)c1OC.[Cl-].[Cl-]. The molecule has 1 saturated heterocycles. The number of piperazine rings is 1. The first-order valence-corrected chi connectivity index (χ1v) is 10.7. The topological polar surface area (TPSA) is 63.6 Å². The Morgan fingerprint density at radius 3 is 1.94 bits per heavy atom. The number of aliphatic hydroxyl groups is 1. The van der Waals surface area contributed by atoms with Gasteiger partial charge in [0.2, 0.25) is 5.75 Å². The Kier molecular flexibility index (Phi) is 13.5. The van der Waals surface area contributed by atoms with Crippen molar-refractivity contribution in [3.63, 3.8) is 0 Å². The van der Waals surface area contributed by atoms with Crippen molar-refractivity contribution >= 4 is 0 Å². The van der Waals surface area contributed by atoms with Crippen LogP contribution in [0.15, 0.2) is 42.5 Å². The van der Waals surface area contributed by atoms with E-state index in [0.29, 0.717) is 30.4 Å². The normalized spacial score (nSPS) is 15.2. The summed E-state index contributed by atoms with van der Waals surface area (Å²) in [7, 11) is 4.75. The molecule has 0 radical (unpaired) electrons. The van der Waals surface area contributed by atoms with Crippen LogP contribution in [0.4, 0.5) is 0 Å². The minimum Gasteiger partial charge on any atom is -1.00 e. The number of halogens is 2. The molecular weight excluding hydrogens is 467 g/mol. The number of ether oxygens (including phenoxy) is 4. The van der Waals surface area contributed by atoms with Gasteiger partial charge in [-0.15, -0.1) is 0 Å². The molecule has 0 bridgehead atoms. The second-order valence-corrected chi connectivity index (χ2v) is 7.76. The number of aliphatic hydroxyl groups excluding tert-OH is 1. The molecule has 1 unspecified atom stereocenters. The van der Waals surface area contributed by atoms with Gasteiger partial charge in [0.05, 0.1) is 40.6 Å². The number of methoxy groups -OCH3 is 3. The van der Waals surface area contributed by atoms with Crippen molar-refractivity contribution in [3.05, 3.63) is 53.6 Å². The van der Waals surface area contributed by atoms with Gasteiger partial charge in [-0.25, -0.2) is 0 Å². The highest BCUT2D eigenvalue weighted by atomic mass is 35.5. The molecule has 1 atom stereocenters. The maximum atomic E-state index is 10.4. The number of hydrogen-bond donors (Lipinski definition) is 1. The molecule has 9 heteroatoms. The highest BCUT2D eigenvalue weighted by molar-refractivity contribution is 5.53. The highest BCUT2D eigenvalue weighted by Crippen LogP contribution is 2.38. The van der Waals surface area contributed by atoms with Gasteiger partial charge in [-0.2, -0.15) is 0 Å². The summed E-state index contributed by atoms with van der Waals surface area (Å²) in [6.45, 7) is 6.17. The standard InChI is InChI=1S/C24H34N2O5.2ClH/c1-28-22-13-20(14-23(29-2)24(22)30-3)17-31-18-21(27)16-26-11-9-25(10-12-26)15-19-7-5-4-6-8-19;;/h4-8,13-14,21,27H,9-12,15-18H2,1-3H3;2*1H/p-2. The average Bonchev–Trinajstić information content (AvgIpc) is 2.80. The predicted molar refractivity (Wildman–Crippen MR) is 120 cm³/mol. The Labute approximate surface area is 209 Å². The summed E-state index contributed by atoms with van der Waals surface area (Å²) in [6.07, 6.45) is -0.525. The fourth-order valence-electron chi connectivity index (χ4n) is 3.85. The average molecular weight is 501 g/mol. The first-order valence-electron chi connectivity index (χ1n) is 10.7. The van der Waals surface area contributed by atoms with E-state index in [1.807, 2.05) is 18.2 Å². The molecule has 3 rings (SSSR count). The maximum absolute atomic E-state index is 10.4. The van der Waals surface area contributed by atoms with Crippen LogP contribution in [0.3, 0.4) is 0 Å². The summed E-state index contributed by atoms with van der Waals surface area (Å²) < 4.78 is 21.8. The Bertz CT molecular complexity index is 780. The van der Waals surface area contributed by atoms with E-state index >= 15 is 0 Å². The van der Waals surface area contributed by atoms with Gasteiger partial charge < -0.3 is 48.9 Å². The van der Waals surface area contributed by atoms with Crippen LogP contribution >= 0.6 is 0 Å². The zero-order valence-corrected chi connectivity index (χ0v) is 21.0. The molecule has 0 aliphatic carbocycles. The van der Waals surface area contributed by atoms with Crippen LogP contribution in [0, 0.1) is 0 Å². The molecule has 1 aliphatic heterocycles. The molecule has 1 fully saturated rings. The van der Waals surface area contributed by atoms with Crippen molar-refractivity contribution < 1.29 is 48.9 Å². The molecule has 0 spiro atoms. The molecule has 0 saturated carbocycles. The van der Waals surface area contributed by atoms with Crippen molar-refractivity contribution in [1.29, 1.82) is 0 Å². The Balaban J connectivity index is 0.00000272. The van der Waals surface area contributed by atoms with Gasteiger partial charge in [-0.1, -0.05) is 30.3 Å². The first-order chi connectivity index (χ1) is 15.1. The van der Waals surface area contributed by atoms with Crippen molar-refractivity contribution in [1.82, 2.24) is 9.80 Å². The van der Waals surface area contributed by atoms with Crippen LogP contribution in [0.25, 0.3) is 0 Å². The third-order valence-electron chi connectivity index (χ3n) is 5.49. The van der Waals surface area contributed by atoms with E-state index in [9.17, 15) is 5.11 Å². The Hall–Kier alpha value is -1.74. The minimum atomic E-state index is -0.525. The summed E-state index contributed by atoms with van der Waals surface area (Å²) in [5.41, 5.74) is 2.24. The van der Waals surface area contributed by atoms with Crippen LogP contribution < -0.4 is 39.0 Å². The molecule has 1 N–H and O–H groups in total. The van der Waals surface area contributed by atoms with E-state index in [4.69, 9.17) is 18.9 Å². The second-order valence-electron chi connectivity index (χ2n) is 7.76. The van der Waals surface area contributed by atoms with Crippen LogP contribution in [0.2, 0.25) is 0 Å². The lowest BCUT2D eigenvalue weighted by molar-refractivity contribution is -0.001000. The smallest absolute Gasteiger partial charge is 0.203 e. The van der Waals surface area contributed by atoms with Crippen LogP contribution in [0.1, 0.15) is 11.1 Å². The van der Waals surface area contributed by atoms with Crippen LogP contribution in [0.5, 0.6) is 17.2 Å². The molecule has 33 heavy (non-hydrogen) atoms. The third-order valence-corrected chi connectivity index (χ3v) is 5.49. The van der Waals surface area contributed by atoms with Crippen molar-refractivity contribution in [2.45, 2.75) is 19.3 Å². The molecule has 7 nitrogen and oxygen atoms in total. The highest BCUT2D eigenvalue weighted by Gasteiger charge is 2.19. The predicted octanol–water partition coefficient (Wildman–Crippen LogP) is -3.58. The molecule has 2 aromatic carbocycles. The zero-order valence-electron chi connectivity index (χ0n) is 19.5. The molecular formula is C24H34Cl2N2O5-2. The van der Waals surface area contributed by atoms with Gasteiger partial charge >= 0.3 is 0 Å². The van der Waals surface area contributed by atoms with E-state index in [-0.39, 0.29) is 31.4 Å². The zero-order chi connectivity index (χ0) is 22.1. The van der Waals surface area contributed by atoms with E-state index in [2.05, 4.69) is 34.1 Å². The Morgan fingerprint density at radius 2 is 1.39 bits per heavy atom. The lowest BCUT2D eigenvalue weighted by Gasteiger charge is -2.35. The summed E-state index contributed by atoms with van der Waals surface area (Å²) in [6, 6.07) is 14.3. The summed E-state index contributed by atoms with van der Waals surface area (Å²) >= 11 is 0. The molecule has 2 aromatic rings. The van der Waals surface area contributed by atoms with Crippen LogP contribution in [-0.4, -0.2) is 81.7 Å². The summed E-state index contributed by atoms with van der Waals surface area (Å²) in [5, 5.41) is 10.4. The van der Waals surface area contributed by atoms with Crippen LogP contribution in [-0.2, 0) is 17.9 Å². The fourth-order valence-corrected chi connectivity index (χ4v) is 3.85. The van der Waals surface area contributed by atoms with Gasteiger partial charge in [-0.3, -0.25) is 9.80 Å². The number of rotatable bonds is 11. The fraction of sp³-hybridized carbons (Fsp3) is 0.500. The lowest BCUT2D eigenvalue weighted by Crippen LogP contribution is -3.00. The van der Waals surface area contributed by atoms with Crippen molar-refractivity contribution in [2.75, 3.05) is 60.7 Å². The number of nitrogens with zero attached hydrogens (tertiary/aromatic N) is 2. The van der Waals surface area contributed by atoms with E-state index in [1.54, 1.807) is 21.3 Å². The molecule has 0 amide bonds. The summed E-state index contributed by atoms with van der Waals surface area (Å²) in [5.74, 6) is 1.74. The minimum absolute atomic E-state index is 0. The summed E-state index contributed by atoms with van der Waals surface area (Å²) in [4.78, 5) is 4.76. The largest absolute Gasteiger partial charge is 1.00 e. The lowest BCUT2D eigenvalue weighted by atomic mass is 10.2. The molecule has 0 aromatic heterocycles. The molecule has 186 valence electrons. The van der Waals surface area contributed by atoms with Gasteiger partial charge in [-0.05, 0) is 23.3 Å². The van der Waals surface area contributed by atoms with E-state index < -0.39 is 6.10 Å². The number of benzene rings is 2.